The largest absolute Gasteiger partial charge is 0.478 e. The Morgan fingerprint density at radius 2 is 2.14 bits per heavy atom. The molecule has 5 heteroatoms. The number of nitrogens with one attached hydrogen (secondary N) is 1. The zero-order valence-corrected chi connectivity index (χ0v) is 13.4. The molecule has 0 aliphatic heterocycles. The number of aromatic carboxylic acids is 1. The van der Waals surface area contributed by atoms with Crippen LogP contribution in [-0.4, -0.2) is 22.6 Å². The number of rotatable bonds is 6. The van der Waals surface area contributed by atoms with Crippen LogP contribution in [-0.2, 0) is 0 Å². The fourth-order valence-corrected chi connectivity index (χ4v) is 3.63. The first-order valence-electron chi connectivity index (χ1n) is 7.55. The summed E-state index contributed by atoms with van der Waals surface area (Å²) >= 11 is 6.12. The van der Waals surface area contributed by atoms with Crippen molar-refractivity contribution in [2.45, 2.75) is 46.0 Å². The molecule has 0 unspecified atom stereocenters. The summed E-state index contributed by atoms with van der Waals surface area (Å²) in [6, 6.07) is 1.45. The van der Waals surface area contributed by atoms with Crippen LogP contribution in [0.4, 0.5) is 5.82 Å². The summed E-state index contributed by atoms with van der Waals surface area (Å²) in [5, 5.41) is 12.6. The number of carbonyl (C=O) groups is 1. The van der Waals surface area contributed by atoms with E-state index in [9.17, 15) is 4.79 Å². The molecule has 2 N–H and O–H groups in total. The van der Waals surface area contributed by atoms with Crippen LogP contribution >= 0.6 is 11.6 Å². The normalized spacial score (nSPS) is 17.1. The molecule has 1 aliphatic carbocycles. The number of anilines is 1. The molecule has 1 aromatic heterocycles. The van der Waals surface area contributed by atoms with Gasteiger partial charge in [0, 0.05) is 12.7 Å². The number of hydrogen-bond acceptors (Lipinski definition) is 3. The quantitative estimate of drug-likeness (QED) is 0.814. The second kappa shape index (κ2) is 6.65. The van der Waals surface area contributed by atoms with E-state index in [2.05, 4.69) is 24.1 Å². The lowest BCUT2D eigenvalue weighted by Gasteiger charge is -2.31. The van der Waals surface area contributed by atoms with Crippen molar-refractivity contribution in [2.24, 2.45) is 11.3 Å². The minimum atomic E-state index is -1.01. The Balaban J connectivity index is 2.06. The molecule has 116 valence electrons. The van der Waals surface area contributed by atoms with E-state index in [-0.39, 0.29) is 5.56 Å². The molecular weight excluding hydrogens is 288 g/mol. The molecule has 0 spiro atoms. The average molecular weight is 311 g/mol. The predicted octanol–water partition coefficient (Wildman–Crippen LogP) is 4.45. The number of nitrogens with zero attached hydrogens (tertiary/aromatic N) is 1. The molecule has 0 bridgehead atoms. The molecule has 2 rings (SSSR count). The highest BCUT2D eigenvalue weighted by Crippen LogP contribution is 2.43. The number of carboxylic acid groups (broad SMARTS) is 1. The lowest BCUT2D eigenvalue weighted by molar-refractivity contribution is 0.0696. The van der Waals surface area contributed by atoms with Gasteiger partial charge >= 0.3 is 5.97 Å². The molecule has 4 nitrogen and oxygen atoms in total. The van der Waals surface area contributed by atoms with Gasteiger partial charge in [0.05, 0.1) is 10.6 Å². The second-order valence-corrected chi connectivity index (χ2v) is 6.93. The van der Waals surface area contributed by atoms with Gasteiger partial charge in [-0.25, -0.2) is 9.78 Å². The number of pyridine rings is 1. The standard InChI is InChI=1S/C16H23ClN2O2/c1-11(2)8-16(5-3-4-6-16)10-19-14-13(17)7-12(9-18-14)15(20)21/h7,9,11H,3-6,8,10H2,1-2H3,(H,18,19)(H,20,21). The molecule has 0 radical (unpaired) electrons. The van der Waals surface area contributed by atoms with E-state index < -0.39 is 5.97 Å². The summed E-state index contributed by atoms with van der Waals surface area (Å²) in [5.74, 6) is 0.238. The van der Waals surface area contributed by atoms with Crippen LogP contribution in [0, 0.1) is 11.3 Å². The Bertz CT molecular complexity index is 511. The third-order valence-corrected chi connectivity index (χ3v) is 4.51. The highest BCUT2D eigenvalue weighted by atomic mass is 35.5. The van der Waals surface area contributed by atoms with Gasteiger partial charge in [-0.3, -0.25) is 0 Å². The molecular formula is C16H23ClN2O2. The number of hydrogen-bond donors (Lipinski definition) is 2. The van der Waals surface area contributed by atoms with E-state index in [0.29, 0.717) is 22.2 Å². The van der Waals surface area contributed by atoms with E-state index in [1.807, 2.05) is 0 Å². The van der Waals surface area contributed by atoms with Crippen molar-refractivity contribution in [3.8, 4) is 0 Å². The Morgan fingerprint density at radius 1 is 1.48 bits per heavy atom. The molecule has 1 saturated carbocycles. The third kappa shape index (κ3) is 4.10. The van der Waals surface area contributed by atoms with Crippen molar-refractivity contribution < 1.29 is 9.90 Å². The number of aromatic nitrogens is 1. The van der Waals surface area contributed by atoms with Crippen LogP contribution < -0.4 is 5.32 Å². The lowest BCUT2D eigenvalue weighted by Crippen LogP contribution is -2.28. The Hall–Kier alpha value is -1.29. The summed E-state index contributed by atoms with van der Waals surface area (Å²) in [7, 11) is 0. The van der Waals surface area contributed by atoms with Crippen molar-refractivity contribution >= 4 is 23.4 Å². The van der Waals surface area contributed by atoms with E-state index >= 15 is 0 Å². The van der Waals surface area contributed by atoms with Crippen molar-refractivity contribution in [3.05, 3.63) is 22.8 Å². The van der Waals surface area contributed by atoms with Crippen molar-refractivity contribution in [3.63, 3.8) is 0 Å². The van der Waals surface area contributed by atoms with Gasteiger partial charge in [0.2, 0.25) is 0 Å². The predicted molar refractivity (Wildman–Crippen MR) is 85.1 cm³/mol. The maximum absolute atomic E-state index is 10.9. The van der Waals surface area contributed by atoms with Gasteiger partial charge in [-0.2, -0.15) is 0 Å². The fourth-order valence-electron chi connectivity index (χ4n) is 3.40. The summed E-state index contributed by atoms with van der Waals surface area (Å²) < 4.78 is 0. The molecule has 0 atom stereocenters. The van der Waals surface area contributed by atoms with Crippen molar-refractivity contribution in [1.29, 1.82) is 0 Å². The fraction of sp³-hybridized carbons (Fsp3) is 0.625. The van der Waals surface area contributed by atoms with Crippen molar-refractivity contribution in [1.82, 2.24) is 4.98 Å². The van der Waals surface area contributed by atoms with E-state index in [4.69, 9.17) is 16.7 Å². The zero-order valence-electron chi connectivity index (χ0n) is 12.7. The van der Waals surface area contributed by atoms with Gasteiger partial charge in [-0.1, -0.05) is 38.3 Å². The highest BCUT2D eigenvalue weighted by Gasteiger charge is 2.34. The van der Waals surface area contributed by atoms with Gasteiger partial charge in [0.1, 0.15) is 5.82 Å². The van der Waals surface area contributed by atoms with Crippen LogP contribution in [0.2, 0.25) is 5.02 Å². The van der Waals surface area contributed by atoms with Crippen LogP contribution in [0.15, 0.2) is 12.3 Å². The van der Waals surface area contributed by atoms with Gasteiger partial charge in [0.25, 0.3) is 0 Å². The Kier molecular flexibility index (Phi) is 5.09. The van der Waals surface area contributed by atoms with E-state index in [1.54, 1.807) is 0 Å². The smallest absolute Gasteiger partial charge is 0.337 e. The van der Waals surface area contributed by atoms with Gasteiger partial charge < -0.3 is 10.4 Å². The maximum Gasteiger partial charge on any atom is 0.337 e. The third-order valence-electron chi connectivity index (χ3n) is 4.22. The summed E-state index contributed by atoms with van der Waals surface area (Å²) in [6.45, 7) is 5.37. The molecule has 21 heavy (non-hydrogen) atoms. The second-order valence-electron chi connectivity index (χ2n) is 6.52. The molecule has 1 heterocycles. The van der Waals surface area contributed by atoms with Gasteiger partial charge in [-0.15, -0.1) is 0 Å². The first-order chi connectivity index (χ1) is 9.92. The number of carboxylic acids is 1. The SMILES string of the molecule is CC(C)CC1(CNc2ncc(C(=O)O)cc2Cl)CCCC1. The first-order valence-corrected chi connectivity index (χ1v) is 7.92. The van der Waals surface area contributed by atoms with Crippen molar-refractivity contribution in [2.75, 3.05) is 11.9 Å². The molecule has 0 aromatic carbocycles. The summed E-state index contributed by atoms with van der Waals surface area (Å²) in [6.07, 6.45) is 7.60. The highest BCUT2D eigenvalue weighted by molar-refractivity contribution is 6.33. The molecule has 1 aliphatic rings. The van der Waals surface area contributed by atoms with Crippen LogP contribution in [0.5, 0.6) is 0 Å². The average Bonchev–Trinajstić information content (AvgIpc) is 2.85. The van der Waals surface area contributed by atoms with Crippen LogP contribution in [0.25, 0.3) is 0 Å². The summed E-state index contributed by atoms with van der Waals surface area (Å²) in [4.78, 5) is 15.0. The van der Waals surface area contributed by atoms with Crippen LogP contribution in [0.3, 0.4) is 0 Å². The maximum atomic E-state index is 10.9. The molecule has 0 saturated heterocycles. The minimum absolute atomic E-state index is 0.114. The van der Waals surface area contributed by atoms with E-state index in [1.165, 1.54) is 44.4 Å². The minimum Gasteiger partial charge on any atom is -0.478 e. The topological polar surface area (TPSA) is 62.2 Å². The van der Waals surface area contributed by atoms with Gasteiger partial charge in [0.15, 0.2) is 0 Å². The molecule has 1 aromatic rings. The van der Waals surface area contributed by atoms with Crippen LogP contribution in [0.1, 0.15) is 56.3 Å². The summed E-state index contributed by atoms with van der Waals surface area (Å²) in [5.41, 5.74) is 0.438. The monoisotopic (exact) mass is 310 g/mol. The van der Waals surface area contributed by atoms with E-state index in [0.717, 1.165) is 6.54 Å². The molecule has 0 amide bonds. The zero-order chi connectivity index (χ0) is 15.5. The molecule has 1 fully saturated rings. The number of halogens is 1. The Labute approximate surface area is 130 Å². The van der Waals surface area contributed by atoms with Gasteiger partial charge in [-0.05, 0) is 36.7 Å². The Morgan fingerprint density at radius 3 is 2.67 bits per heavy atom. The lowest BCUT2D eigenvalue weighted by atomic mass is 9.78. The first kappa shape index (κ1) is 16.1.